The highest BCUT2D eigenvalue weighted by molar-refractivity contribution is 5.79. The molecule has 11 rings (SSSR count). The molecule has 5 aliphatic rings. The molecular weight excluding hydrogens is 927 g/mol. The molecule has 0 N–H and O–H groups in total. The Labute approximate surface area is 459 Å². The number of carbonyl (C=O) groups excluding carboxylic acids is 1. The number of Topliss-reactive ketones (excluding diaryl/α,β-unsaturated/α-hetero) is 1. The summed E-state index contributed by atoms with van der Waals surface area (Å²) >= 11 is 0. The lowest BCUT2D eigenvalue weighted by molar-refractivity contribution is -0.121. The summed E-state index contributed by atoms with van der Waals surface area (Å²) in [5.41, 5.74) is 8.43. The van der Waals surface area contributed by atoms with Crippen molar-refractivity contribution in [3.63, 3.8) is 0 Å². The largest absolute Gasteiger partial charge is 0.300 e. The molecule has 6 heteroatoms. The molecule has 2 saturated heterocycles. The van der Waals surface area contributed by atoms with Gasteiger partial charge in [-0.05, 0) is 149 Å². The van der Waals surface area contributed by atoms with Crippen LogP contribution in [0.15, 0.2) is 182 Å². The van der Waals surface area contributed by atoms with Crippen molar-refractivity contribution in [2.75, 3.05) is 26.2 Å². The lowest BCUT2D eigenvalue weighted by atomic mass is 9.88. The van der Waals surface area contributed by atoms with Crippen molar-refractivity contribution >= 4 is 5.78 Å². The van der Waals surface area contributed by atoms with Crippen molar-refractivity contribution in [2.45, 2.75) is 185 Å². The summed E-state index contributed by atoms with van der Waals surface area (Å²) < 4.78 is 0. The second-order valence-electron chi connectivity index (χ2n) is 23.0. The molecule has 2 aliphatic heterocycles. The van der Waals surface area contributed by atoms with Gasteiger partial charge in [-0.25, -0.2) is 0 Å². The number of rotatable bonds is 17. The van der Waals surface area contributed by atoms with E-state index in [0.717, 1.165) is 77.0 Å². The quantitative estimate of drug-likeness (QED) is 0.0905. The summed E-state index contributed by atoms with van der Waals surface area (Å²) in [6.45, 7) is 11.5. The summed E-state index contributed by atoms with van der Waals surface area (Å²) in [5, 5.41) is 0. The number of likely N-dealkylation sites (tertiary alicyclic amines) is 2. The molecule has 402 valence electrons. The van der Waals surface area contributed by atoms with Crippen LogP contribution in [0.2, 0.25) is 0 Å². The number of hydrogen-bond acceptors (Lipinski definition) is 6. The zero-order valence-electron chi connectivity index (χ0n) is 46.2. The Morgan fingerprint density at radius 2 is 0.513 bits per heavy atom. The van der Waals surface area contributed by atoms with Gasteiger partial charge in [0.05, 0.1) is 0 Å². The Morgan fingerprint density at radius 1 is 0.289 bits per heavy atom. The van der Waals surface area contributed by atoms with E-state index in [9.17, 15) is 4.79 Å². The Kier molecular flexibility index (Phi) is 22.4. The highest BCUT2D eigenvalue weighted by Crippen LogP contribution is 2.32. The molecule has 0 radical (unpaired) electrons. The van der Waals surface area contributed by atoms with E-state index in [2.05, 4.69) is 206 Å². The predicted octanol–water partition coefficient (Wildman–Crippen LogP) is 15.2. The molecule has 0 aromatic heterocycles. The van der Waals surface area contributed by atoms with E-state index in [4.69, 9.17) is 0 Å². The van der Waals surface area contributed by atoms with Crippen LogP contribution >= 0.6 is 0 Å². The first-order chi connectivity index (χ1) is 37.6. The maximum atomic E-state index is 11.5. The normalized spacial score (nSPS) is 21.9. The van der Waals surface area contributed by atoms with E-state index in [-0.39, 0.29) is 0 Å². The Balaban J connectivity index is 0.000000140. The molecule has 3 aliphatic carbocycles. The Hall–Kier alpha value is -5.21. The van der Waals surface area contributed by atoms with E-state index in [1.54, 1.807) is 0 Å². The minimum Gasteiger partial charge on any atom is -0.300 e. The zero-order chi connectivity index (χ0) is 51.8. The molecule has 0 bridgehead atoms. The molecule has 2 heterocycles. The van der Waals surface area contributed by atoms with E-state index in [1.165, 1.54) is 149 Å². The second-order valence-corrected chi connectivity index (χ2v) is 23.0. The SMILES string of the molecule is O=C1CCC(N(Cc2ccccc2)Cc2ccccc2)CC1.c1ccc(CN(Cc2ccccc2)C2CCC(N3CCCCC3)CC2)cc1.c1ccc(CN(Cc2ccccc2)C2CCC(N3CCCCC3)CC2)cc1. The van der Waals surface area contributed by atoms with Gasteiger partial charge in [-0.3, -0.25) is 19.5 Å². The molecular formula is C70H91N5O. The van der Waals surface area contributed by atoms with Gasteiger partial charge in [0, 0.05) is 82.3 Å². The summed E-state index contributed by atoms with van der Waals surface area (Å²) in [5.74, 6) is 0.427. The average Bonchev–Trinajstić information content (AvgIpc) is 3.49. The first-order valence-electron chi connectivity index (χ1n) is 30.0. The third-order valence-electron chi connectivity index (χ3n) is 17.6. The number of ketones is 1. The minimum atomic E-state index is 0.427. The van der Waals surface area contributed by atoms with Gasteiger partial charge in [0.25, 0.3) is 0 Å². The zero-order valence-corrected chi connectivity index (χ0v) is 46.2. The fraction of sp³-hybridized carbons (Fsp3) is 0.471. The highest BCUT2D eigenvalue weighted by Gasteiger charge is 2.32. The molecule has 76 heavy (non-hydrogen) atoms. The maximum Gasteiger partial charge on any atom is 0.133 e. The first kappa shape index (κ1) is 55.5. The molecule has 3 saturated carbocycles. The lowest BCUT2D eigenvalue weighted by Crippen LogP contribution is -2.45. The van der Waals surface area contributed by atoms with Crippen molar-refractivity contribution in [2.24, 2.45) is 0 Å². The molecule has 0 spiro atoms. The number of carbonyl (C=O) groups is 1. The third kappa shape index (κ3) is 17.9. The van der Waals surface area contributed by atoms with Crippen molar-refractivity contribution in [3.05, 3.63) is 215 Å². The standard InChI is InChI=1S/2C25H34N2.C20H23NO/c2*1-4-10-22(11-5-1)20-27(21-23-12-6-2-7-13-23)25-16-14-24(15-17-25)26-18-8-3-9-19-26;22-20-13-11-19(12-14-20)21(15-17-7-3-1-4-8-17)16-18-9-5-2-6-10-18/h2*1-2,4-7,10-13,24-25H,3,8-9,14-21H2;1-10,19H,11-16H2. The Bertz CT molecular complexity index is 2210. The molecule has 5 fully saturated rings. The summed E-state index contributed by atoms with van der Waals surface area (Å²) in [7, 11) is 0. The maximum absolute atomic E-state index is 11.5. The fourth-order valence-electron chi connectivity index (χ4n) is 13.3. The van der Waals surface area contributed by atoms with Crippen LogP contribution in [0.4, 0.5) is 0 Å². The van der Waals surface area contributed by atoms with Gasteiger partial charge in [-0.1, -0.05) is 195 Å². The fourth-order valence-corrected chi connectivity index (χ4v) is 13.3. The Morgan fingerprint density at radius 3 is 0.750 bits per heavy atom. The summed E-state index contributed by atoms with van der Waals surface area (Å²) in [6, 6.07) is 68.9. The summed E-state index contributed by atoms with van der Waals surface area (Å²) in [6.07, 6.45) is 22.9. The van der Waals surface area contributed by atoms with Crippen LogP contribution in [-0.4, -0.2) is 86.7 Å². The van der Waals surface area contributed by atoms with Gasteiger partial charge >= 0.3 is 0 Å². The van der Waals surface area contributed by atoms with Crippen LogP contribution in [0.1, 0.15) is 149 Å². The number of benzene rings is 6. The molecule has 6 aromatic rings. The van der Waals surface area contributed by atoms with Crippen LogP contribution in [0.25, 0.3) is 0 Å². The van der Waals surface area contributed by atoms with Gasteiger partial charge in [-0.2, -0.15) is 0 Å². The van der Waals surface area contributed by atoms with Gasteiger partial charge in [-0.15, -0.1) is 0 Å². The van der Waals surface area contributed by atoms with Crippen LogP contribution < -0.4 is 0 Å². The summed E-state index contributed by atoms with van der Waals surface area (Å²) in [4.78, 5) is 25.1. The van der Waals surface area contributed by atoms with Gasteiger partial charge in [0.2, 0.25) is 0 Å². The third-order valence-corrected chi connectivity index (χ3v) is 17.6. The van der Waals surface area contributed by atoms with E-state index < -0.39 is 0 Å². The van der Waals surface area contributed by atoms with Gasteiger partial charge in [0.15, 0.2) is 0 Å². The number of hydrogen-bond donors (Lipinski definition) is 0. The molecule has 6 aromatic carbocycles. The lowest BCUT2D eigenvalue weighted by Gasteiger charge is -2.42. The van der Waals surface area contributed by atoms with E-state index in [0.29, 0.717) is 23.9 Å². The van der Waals surface area contributed by atoms with Gasteiger partial charge < -0.3 is 9.80 Å². The van der Waals surface area contributed by atoms with Gasteiger partial charge in [0.1, 0.15) is 5.78 Å². The minimum absolute atomic E-state index is 0.427. The first-order valence-corrected chi connectivity index (χ1v) is 30.0. The predicted molar refractivity (Wildman–Crippen MR) is 317 cm³/mol. The molecule has 0 amide bonds. The van der Waals surface area contributed by atoms with E-state index in [1.807, 2.05) is 0 Å². The van der Waals surface area contributed by atoms with Crippen molar-refractivity contribution in [1.82, 2.24) is 24.5 Å². The second kappa shape index (κ2) is 30.7. The van der Waals surface area contributed by atoms with Crippen LogP contribution in [0, 0.1) is 0 Å². The monoisotopic (exact) mass is 1020 g/mol. The van der Waals surface area contributed by atoms with Crippen LogP contribution in [0.3, 0.4) is 0 Å². The van der Waals surface area contributed by atoms with Crippen molar-refractivity contribution < 1.29 is 4.79 Å². The highest BCUT2D eigenvalue weighted by atomic mass is 16.1. The van der Waals surface area contributed by atoms with Crippen LogP contribution in [-0.2, 0) is 44.1 Å². The molecule has 0 unspecified atom stereocenters. The van der Waals surface area contributed by atoms with E-state index >= 15 is 0 Å². The van der Waals surface area contributed by atoms with Crippen LogP contribution in [0.5, 0.6) is 0 Å². The number of piperidine rings is 2. The number of nitrogens with zero attached hydrogens (tertiary/aromatic N) is 5. The topological polar surface area (TPSA) is 33.3 Å². The van der Waals surface area contributed by atoms with Crippen molar-refractivity contribution in [1.29, 1.82) is 0 Å². The smallest absolute Gasteiger partial charge is 0.133 e. The van der Waals surface area contributed by atoms with Crippen molar-refractivity contribution in [3.8, 4) is 0 Å². The average molecular weight is 1020 g/mol. The molecule has 0 atom stereocenters. The molecule has 6 nitrogen and oxygen atoms in total.